The first kappa shape index (κ1) is 12.6. The Morgan fingerprint density at radius 2 is 1.89 bits per heavy atom. The Labute approximate surface area is 107 Å². The van der Waals surface area contributed by atoms with Crippen LogP contribution in [0, 0.1) is 0 Å². The smallest absolute Gasteiger partial charge is 0.115 e. The maximum Gasteiger partial charge on any atom is 0.115 e. The van der Waals surface area contributed by atoms with E-state index >= 15 is 0 Å². The van der Waals surface area contributed by atoms with E-state index in [4.69, 9.17) is 5.11 Å². The van der Waals surface area contributed by atoms with Gasteiger partial charge in [-0.2, -0.15) is 0 Å². The molecule has 0 saturated carbocycles. The molecule has 0 saturated heterocycles. The first-order valence-electron chi connectivity index (χ1n) is 6.18. The van der Waals surface area contributed by atoms with Gasteiger partial charge in [-0.15, -0.1) is 0 Å². The van der Waals surface area contributed by atoms with Gasteiger partial charge in [0.05, 0.1) is 6.61 Å². The third kappa shape index (κ3) is 3.34. The van der Waals surface area contributed by atoms with Crippen molar-refractivity contribution in [1.29, 1.82) is 0 Å². The molecule has 4 heteroatoms. The van der Waals surface area contributed by atoms with Crippen molar-refractivity contribution < 1.29 is 10.2 Å². The quantitative estimate of drug-likeness (QED) is 0.816. The maximum absolute atomic E-state index is 9.19. The lowest BCUT2D eigenvalue weighted by Crippen LogP contribution is -2.06. The van der Waals surface area contributed by atoms with Gasteiger partial charge in [-0.05, 0) is 30.5 Å². The van der Waals surface area contributed by atoms with Crippen molar-refractivity contribution in [3.05, 3.63) is 48.0 Å². The molecule has 0 aliphatic rings. The van der Waals surface area contributed by atoms with E-state index < -0.39 is 0 Å². The number of aromatic hydroxyl groups is 1. The Morgan fingerprint density at radius 1 is 1.11 bits per heavy atom. The van der Waals surface area contributed by atoms with Gasteiger partial charge in [-0.25, -0.2) is 4.98 Å². The van der Waals surface area contributed by atoms with Crippen LogP contribution in [0.15, 0.2) is 36.7 Å². The lowest BCUT2D eigenvalue weighted by atomic mass is 10.1. The van der Waals surface area contributed by atoms with Crippen molar-refractivity contribution in [1.82, 2.24) is 9.55 Å². The van der Waals surface area contributed by atoms with E-state index in [1.54, 1.807) is 18.3 Å². The molecule has 0 radical (unpaired) electrons. The molecule has 0 aliphatic carbocycles. The highest BCUT2D eigenvalue weighted by Crippen LogP contribution is 2.11. The van der Waals surface area contributed by atoms with Crippen molar-refractivity contribution in [2.24, 2.45) is 0 Å². The van der Waals surface area contributed by atoms with E-state index in [9.17, 15) is 5.11 Å². The fraction of sp³-hybridized carbons (Fsp3) is 0.357. The lowest BCUT2D eigenvalue weighted by molar-refractivity contribution is 0.294. The van der Waals surface area contributed by atoms with Crippen molar-refractivity contribution in [2.75, 3.05) is 6.61 Å². The lowest BCUT2D eigenvalue weighted by Gasteiger charge is -2.07. The number of aliphatic hydroxyl groups excluding tert-OH is 1. The van der Waals surface area contributed by atoms with Gasteiger partial charge in [0.25, 0.3) is 0 Å². The number of hydrogen-bond acceptors (Lipinski definition) is 3. The molecule has 1 aromatic heterocycles. The highest BCUT2D eigenvalue weighted by Gasteiger charge is 2.01. The summed E-state index contributed by atoms with van der Waals surface area (Å²) in [6.45, 7) is 1.03. The molecule has 0 unspecified atom stereocenters. The van der Waals surface area contributed by atoms with Gasteiger partial charge < -0.3 is 14.8 Å². The number of nitrogens with zero attached hydrogens (tertiary/aromatic N) is 2. The second-order valence-electron chi connectivity index (χ2n) is 4.28. The summed E-state index contributed by atoms with van der Waals surface area (Å²) in [5.41, 5.74) is 1.22. The molecule has 0 spiro atoms. The number of aliphatic hydroxyl groups is 1. The van der Waals surface area contributed by atoms with Gasteiger partial charge >= 0.3 is 0 Å². The highest BCUT2D eigenvalue weighted by molar-refractivity contribution is 5.25. The third-order valence-corrected chi connectivity index (χ3v) is 2.94. The Bertz CT molecular complexity index is 477. The molecule has 0 aliphatic heterocycles. The van der Waals surface area contributed by atoms with Crippen molar-refractivity contribution in [2.45, 2.75) is 25.8 Å². The molecule has 18 heavy (non-hydrogen) atoms. The van der Waals surface area contributed by atoms with Gasteiger partial charge in [-0.3, -0.25) is 0 Å². The van der Waals surface area contributed by atoms with Crippen molar-refractivity contribution in [3.8, 4) is 5.75 Å². The summed E-state index contributed by atoms with van der Waals surface area (Å²) < 4.78 is 2.08. The number of phenolic OH excluding ortho intramolecular Hbond substituents is 1. The van der Waals surface area contributed by atoms with Gasteiger partial charge in [0, 0.05) is 25.4 Å². The van der Waals surface area contributed by atoms with Gasteiger partial charge in [0.2, 0.25) is 0 Å². The fourth-order valence-electron chi connectivity index (χ4n) is 1.99. The number of aromatic nitrogens is 2. The minimum absolute atomic E-state index is 0.134. The molecule has 0 amide bonds. The van der Waals surface area contributed by atoms with Crippen LogP contribution in [0.25, 0.3) is 0 Å². The first-order valence-corrected chi connectivity index (χ1v) is 6.18. The maximum atomic E-state index is 9.19. The zero-order chi connectivity index (χ0) is 12.8. The van der Waals surface area contributed by atoms with Gasteiger partial charge in [0.15, 0.2) is 0 Å². The Balaban J connectivity index is 1.84. The first-order chi connectivity index (χ1) is 8.79. The number of imidazole rings is 1. The standard InChI is InChI=1S/C14H18N2O2/c17-11-7-14-15-8-10-16(14)9-1-2-12-3-5-13(18)6-4-12/h3-6,8,10,17-18H,1-2,7,9,11H2. The summed E-state index contributed by atoms with van der Waals surface area (Å²) in [5.74, 6) is 1.24. The molecule has 2 N–H and O–H groups in total. The Hall–Kier alpha value is -1.81. The van der Waals surface area contributed by atoms with E-state index in [1.165, 1.54) is 5.56 Å². The van der Waals surface area contributed by atoms with Crippen molar-refractivity contribution in [3.63, 3.8) is 0 Å². The average molecular weight is 246 g/mol. The minimum atomic E-state index is 0.134. The van der Waals surface area contributed by atoms with E-state index in [0.29, 0.717) is 12.2 Å². The molecule has 2 rings (SSSR count). The summed E-state index contributed by atoms with van der Waals surface area (Å²) in [6.07, 6.45) is 6.30. The van der Waals surface area contributed by atoms with Crippen LogP contribution in [0.5, 0.6) is 5.75 Å². The highest BCUT2D eigenvalue weighted by atomic mass is 16.3. The van der Waals surface area contributed by atoms with Crippen LogP contribution in [-0.4, -0.2) is 26.4 Å². The Morgan fingerprint density at radius 3 is 2.61 bits per heavy atom. The van der Waals surface area contributed by atoms with Crippen LogP contribution in [0.1, 0.15) is 17.8 Å². The minimum Gasteiger partial charge on any atom is -0.508 e. The average Bonchev–Trinajstić information content (AvgIpc) is 2.80. The van der Waals surface area contributed by atoms with E-state index in [2.05, 4.69) is 9.55 Å². The molecular weight excluding hydrogens is 228 g/mol. The molecular formula is C14H18N2O2. The van der Waals surface area contributed by atoms with Crippen LogP contribution in [0.3, 0.4) is 0 Å². The zero-order valence-corrected chi connectivity index (χ0v) is 10.3. The molecule has 1 heterocycles. The summed E-state index contributed by atoms with van der Waals surface area (Å²) in [7, 11) is 0. The number of aryl methyl sites for hydroxylation is 2. The molecule has 0 atom stereocenters. The number of rotatable bonds is 6. The van der Waals surface area contributed by atoms with Crippen LogP contribution in [-0.2, 0) is 19.4 Å². The SMILES string of the molecule is OCCc1nccn1CCCc1ccc(O)cc1. The topological polar surface area (TPSA) is 58.3 Å². The fourth-order valence-corrected chi connectivity index (χ4v) is 1.99. The monoisotopic (exact) mass is 246 g/mol. The van der Waals surface area contributed by atoms with Crippen LogP contribution in [0.4, 0.5) is 0 Å². The largest absolute Gasteiger partial charge is 0.508 e. The van der Waals surface area contributed by atoms with Crippen LogP contribution < -0.4 is 0 Å². The van der Waals surface area contributed by atoms with Gasteiger partial charge in [-0.1, -0.05) is 12.1 Å². The molecule has 2 aromatic rings. The zero-order valence-electron chi connectivity index (χ0n) is 10.3. The summed E-state index contributed by atoms with van der Waals surface area (Å²) in [6, 6.07) is 7.31. The molecule has 4 nitrogen and oxygen atoms in total. The second kappa shape index (κ2) is 6.21. The summed E-state index contributed by atoms with van der Waals surface area (Å²) >= 11 is 0. The number of hydrogen-bond donors (Lipinski definition) is 2. The van der Waals surface area contributed by atoms with Crippen molar-refractivity contribution >= 4 is 0 Å². The number of phenols is 1. The third-order valence-electron chi connectivity index (χ3n) is 2.94. The summed E-state index contributed by atoms with van der Waals surface area (Å²) in [5, 5.41) is 18.1. The predicted octanol–water partition coefficient (Wildman–Crippen LogP) is 1.76. The summed E-state index contributed by atoms with van der Waals surface area (Å²) in [4.78, 5) is 4.21. The number of benzene rings is 1. The van der Waals surface area contributed by atoms with E-state index in [-0.39, 0.29) is 6.61 Å². The molecule has 0 fully saturated rings. The second-order valence-corrected chi connectivity index (χ2v) is 4.28. The molecule has 96 valence electrons. The van der Waals surface area contributed by atoms with E-state index in [1.807, 2.05) is 18.3 Å². The molecule has 1 aromatic carbocycles. The van der Waals surface area contributed by atoms with Crippen LogP contribution >= 0.6 is 0 Å². The van der Waals surface area contributed by atoms with Crippen LogP contribution in [0.2, 0.25) is 0 Å². The normalized spacial score (nSPS) is 10.7. The Kier molecular flexibility index (Phi) is 4.36. The molecule has 0 bridgehead atoms. The van der Waals surface area contributed by atoms with E-state index in [0.717, 1.165) is 25.2 Å². The van der Waals surface area contributed by atoms with Gasteiger partial charge in [0.1, 0.15) is 11.6 Å². The predicted molar refractivity (Wildman–Crippen MR) is 69.4 cm³/mol.